The zero-order chi connectivity index (χ0) is 16.5. The van der Waals surface area contributed by atoms with Crippen LogP contribution in [0.4, 0.5) is 0 Å². The van der Waals surface area contributed by atoms with E-state index in [1.165, 1.54) is 19.3 Å². The molecular formula is C19H33NOSi. The third-order valence-electron chi connectivity index (χ3n) is 5.35. The van der Waals surface area contributed by atoms with Gasteiger partial charge in [-0.1, -0.05) is 44.6 Å². The molecule has 2 fully saturated rings. The van der Waals surface area contributed by atoms with E-state index < -0.39 is 8.07 Å². The molecule has 0 amide bonds. The molecule has 1 aliphatic carbocycles. The molecule has 124 valence electrons. The molecule has 0 spiro atoms. The lowest BCUT2D eigenvalue weighted by molar-refractivity contribution is -0.211. The summed E-state index contributed by atoms with van der Waals surface area (Å²) in [6, 6.07) is 0. The summed E-state index contributed by atoms with van der Waals surface area (Å²) in [6.45, 7) is 14.8. The Kier molecular flexibility index (Phi) is 5.26. The van der Waals surface area contributed by atoms with Crippen LogP contribution in [0.15, 0.2) is 11.8 Å². The summed E-state index contributed by atoms with van der Waals surface area (Å²) in [7, 11) is -1.24. The third kappa shape index (κ3) is 3.85. The number of ether oxygens (including phenoxy) is 1. The molecule has 1 saturated heterocycles. The fourth-order valence-electron chi connectivity index (χ4n) is 3.99. The van der Waals surface area contributed by atoms with Crippen LogP contribution in [0.5, 0.6) is 0 Å². The highest BCUT2D eigenvalue weighted by molar-refractivity contribution is 6.80. The number of hydrogen-bond acceptors (Lipinski definition) is 2. The Morgan fingerprint density at radius 1 is 1.32 bits per heavy atom. The van der Waals surface area contributed by atoms with E-state index in [-0.39, 0.29) is 11.8 Å². The Bertz CT molecular complexity index is 457. The molecule has 0 bridgehead atoms. The average Bonchev–Trinajstić information content (AvgIpc) is 2.38. The van der Waals surface area contributed by atoms with Crippen LogP contribution in [-0.4, -0.2) is 37.4 Å². The van der Waals surface area contributed by atoms with Gasteiger partial charge in [-0.15, -0.1) is 6.42 Å². The minimum atomic E-state index is -1.24. The fraction of sp³-hybridized carbons (Fsp3) is 0.789. The van der Waals surface area contributed by atoms with Crippen molar-refractivity contribution in [2.45, 2.75) is 77.5 Å². The largest absolute Gasteiger partial charge is 0.356 e. The molecule has 1 saturated carbocycles. The predicted molar refractivity (Wildman–Crippen MR) is 97.3 cm³/mol. The molecule has 1 aliphatic heterocycles. The molecule has 2 rings (SSSR count). The number of terminal acetylenes is 1. The third-order valence-corrected chi connectivity index (χ3v) is 6.54. The second-order valence-electron chi connectivity index (χ2n) is 8.80. The molecule has 0 unspecified atom stereocenters. The Morgan fingerprint density at radius 3 is 2.59 bits per heavy atom. The van der Waals surface area contributed by atoms with E-state index in [0.717, 1.165) is 5.92 Å². The second-order valence-corrected chi connectivity index (χ2v) is 13.9. The molecule has 0 aromatic rings. The van der Waals surface area contributed by atoms with Crippen LogP contribution in [0.3, 0.4) is 0 Å². The molecule has 0 aromatic heterocycles. The standard InChI is InChI=1S/C19H33NOSi/c1-8-12-20-18(11-13-22(5,6)7)21-17-14-15(2)9-10-16(17)19(20,3)4/h1,11,13,15-18H,9-10,12,14H2,2-7H3/b13-11+/t15-,16-,17-,18+/m1/s1. The normalized spacial score (nSPS) is 36.0. The van der Waals surface area contributed by atoms with Crippen LogP contribution >= 0.6 is 0 Å². The van der Waals surface area contributed by atoms with Gasteiger partial charge in [0.25, 0.3) is 0 Å². The van der Waals surface area contributed by atoms with Crippen LogP contribution in [-0.2, 0) is 4.74 Å². The van der Waals surface area contributed by atoms with E-state index in [1.807, 2.05) is 0 Å². The lowest BCUT2D eigenvalue weighted by atomic mass is 9.70. The number of rotatable bonds is 3. The van der Waals surface area contributed by atoms with E-state index in [0.29, 0.717) is 18.6 Å². The summed E-state index contributed by atoms with van der Waals surface area (Å²) in [5, 5.41) is 0. The van der Waals surface area contributed by atoms with Gasteiger partial charge in [0.05, 0.1) is 20.7 Å². The molecular weight excluding hydrogens is 286 g/mol. The molecule has 2 aliphatic rings. The highest BCUT2D eigenvalue weighted by atomic mass is 28.3. The minimum Gasteiger partial charge on any atom is -0.356 e. The van der Waals surface area contributed by atoms with Crippen molar-refractivity contribution in [1.29, 1.82) is 0 Å². The molecule has 0 radical (unpaired) electrons. The summed E-state index contributed by atoms with van der Waals surface area (Å²) < 4.78 is 6.52. The molecule has 1 heterocycles. The molecule has 22 heavy (non-hydrogen) atoms. The van der Waals surface area contributed by atoms with Crippen LogP contribution in [0.25, 0.3) is 0 Å². The smallest absolute Gasteiger partial charge is 0.131 e. The van der Waals surface area contributed by atoms with Crippen molar-refractivity contribution >= 4 is 8.07 Å². The highest BCUT2D eigenvalue weighted by Crippen LogP contribution is 2.45. The lowest BCUT2D eigenvalue weighted by Crippen LogP contribution is -2.64. The fourth-order valence-corrected chi connectivity index (χ4v) is 4.73. The van der Waals surface area contributed by atoms with Crippen molar-refractivity contribution in [3.8, 4) is 12.3 Å². The maximum Gasteiger partial charge on any atom is 0.131 e. The number of nitrogens with zero attached hydrogens (tertiary/aromatic N) is 1. The first-order valence-electron chi connectivity index (χ1n) is 8.70. The van der Waals surface area contributed by atoms with Crippen molar-refractivity contribution < 1.29 is 4.74 Å². The zero-order valence-corrected chi connectivity index (χ0v) is 16.2. The van der Waals surface area contributed by atoms with Gasteiger partial charge in [-0.2, -0.15) is 0 Å². The van der Waals surface area contributed by atoms with E-state index in [1.54, 1.807) is 0 Å². The van der Waals surface area contributed by atoms with Crippen LogP contribution < -0.4 is 0 Å². The SMILES string of the molecule is C#CCN1[C@H](/C=C/[Si](C)(C)C)O[C@@H]2C[C@H](C)CC[C@H]2C1(C)C. The molecule has 4 atom stereocenters. The van der Waals surface area contributed by atoms with Gasteiger partial charge in [0.1, 0.15) is 6.23 Å². The van der Waals surface area contributed by atoms with Gasteiger partial charge in [0.2, 0.25) is 0 Å². The van der Waals surface area contributed by atoms with Crippen molar-refractivity contribution in [3.05, 3.63) is 11.8 Å². The second kappa shape index (κ2) is 6.51. The summed E-state index contributed by atoms with van der Waals surface area (Å²) in [5.74, 6) is 4.21. The summed E-state index contributed by atoms with van der Waals surface area (Å²) >= 11 is 0. The molecule has 0 N–H and O–H groups in total. The minimum absolute atomic E-state index is 0.0318. The first-order valence-corrected chi connectivity index (χ1v) is 12.3. The van der Waals surface area contributed by atoms with E-state index in [4.69, 9.17) is 11.2 Å². The van der Waals surface area contributed by atoms with Gasteiger partial charge in [-0.05, 0) is 38.7 Å². The van der Waals surface area contributed by atoms with Gasteiger partial charge >= 0.3 is 0 Å². The number of fused-ring (bicyclic) bond motifs is 1. The van der Waals surface area contributed by atoms with E-state index in [2.05, 4.69) is 63.0 Å². The van der Waals surface area contributed by atoms with E-state index >= 15 is 0 Å². The summed E-state index contributed by atoms with van der Waals surface area (Å²) in [6.07, 6.45) is 12.1. The Morgan fingerprint density at radius 2 is 2.00 bits per heavy atom. The maximum absolute atomic E-state index is 6.52. The van der Waals surface area contributed by atoms with E-state index in [9.17, 15) is 0 Å². The van der Waals surface area contributed by atoms with Gasteiger partial charge in [0, 0.05) is 11.5 Å². The molecule has 3 heteroatoms. The molecule has 2 nitrogen and oxygen atoms in total. The Hall–Kier alpha value is -0.563. The van der Waals surface area contributed by atoms with Gasteiger partial charge < -0.3 is 4.74 Å². The summed E-state index contributed by atoms with van der Waals surface area (Å²) in [5.41, 5.74) is 2.49. The number of hydrogen-bond donors (Lipinski definition) is 0. The van der Waals surface area contributed by atoms with Crippen molar-refractivity contribution in [2.75, 3.05) is 6.54 Å². The van der Waals surface area contributed by atoms with Crippen LogP contribution in [0.2, 0.25) is 19.6 Å². The quantitative estimate of drug-likeness (QED) is 0.568. The Balaban J connectivity index is 2.27. The first kappa shape index (κ1) is 17.8. The lowest BCUT2D eigenvalue weighted by Gasteiger charge is -2.56. The van der Waals surface area contributed by atoms with Crippen molar-refractivity contribution in [3.63, 3.8) is 0 Å². The van der Waals surface area contributed by atoms with Gasteiger partial charge in [-0.25, -0.2) is 0 Å². The first-order chi connectivity index (χ1) is 10.1. The average molecular weight is 320 g/mol. The topological polar surface area (TPSA) is 12.5 Å². The molecule has 0 aromatic carbocycles. The van der Waals surface area contributed by atoms with Crippen LogP contribution in [0.1, 0.15) is 40.0 Å². The zero-order valence-electron chi connectivity index (χ0n) is 15.2. The Labute approximate surface area is 138 Å². The van der Waals surface area contributed by atoms with Crippen molar-refractivity contribution in [2.24, 2.45) is 11.8 Å². The van der Waals surface area contributed by atoms with Gasteiger partial charge in [-0.3, -0.25) is 4.90 Å². The predicted octanol–water partition coefficient (Wildman–Crippen LogP) is 4.29. The highest BCUT2D eigenvalue weighted by Gasteiger charge is 2.49. The van der Waals surface area contributed by atoms with Gasteiger partial charge in [0.15, 0.2) is 0 Å². The van der Waals surface area contributed by atoms with Crippen LogP contribution in [0, 0.1) is 24.2 Å². The maximum atomic E-state index is 6.52. The summed E-state index contributed by atoms with van der Waals surface area (Å²) in [4.78, 5) is 2.39. The van der Waals surface area contributed by atoms with Crippen molar-refractivity contribution in [1.82, 2.24) is 4.90 Å². The monoisotopic (exact) mass is 319 g/mol.